The highest BCUT2D eigenvalue weighted by Crippen LogP contribution is 2.21. The number of hydrogen-bond donors (Lipinski definition) is 1. The Morgan fingerprint density at radius 3 is 2.75 bits per heavy atom. The molecule has 94 valence electrons. The number of ether oxygens (including phenoxy) is 1. The van der Waals surface area contributed by atoms with Crippen LogP contribution in [0, 0.1) is 0 Å². The van der Waals surface area contributed by atoms with Crippen LogP contribution < -0.4 is 0 Å². The second-order valence-corrected chi connectivity index (χ2v) is 4.49. The molecule has 0 bridgehead atoms. The molecular weight excluding hydrogens is 206 g/mol. The molecule has 0 aromatic rings. The van der Waals surface area contributed by atoms with Crippen LogP contribution in [0.25, 0.3) is 0 Å². The van der Waals surface area contributed by atoms with Gasteiger partial charge in [-0.15, -0.1) is 0 Å². The van der Waals surface area contributed by atoms with Crippen LogP contribution in [0.1, 0.15) is 39.0 Å². The molecule has 4 nitrogen and oxygen atoms in total. The number of likely N-dealkylation sites (N-methyl/N-ethyl adjacent to an activating group) is 1. The average molecular weight is 229 g/mol. The van der Waals surface area contributed by atoms with E-state index in [-0.39, 0.29) is 24.7 Å². The molecule has 2 unspecified atom stereocenters. The van der Waals surface area contributed by atoms with Gasteiger partial charge in [0.05, 0.1) is 19.3 Å². The van der Waals surface area contributed by atoms with Crippen molar-refractivity contribution in [3.05, 3.63) is 0 Å². The van der Waals surface area contributed by atoms with Gasteiger partial charge in [-0.05, 0) is 26.8 Å². The lowest BCUT2D eigenvalue weighted by atomic mass is 10.0. The molecule has 0 spiro atoms. The fraction of sp³-hybridized carbons (Fsp3) is 0.917. The zero-order valence-corrected chi connectivity index (χ0v) is 10.3. The van der Waals surface area contributed by atoms with E-state index < -0.39 is 0 Å². The third-order valence-corrected chi connectivity index (χ3v) is 3.19. The van der Waals surface area contributed by atoms with Crippen LogP contribution in [0.15, 0.2) is 0 Å². The summed E-state index contributed by atoms with van der Waals surface area (Å²) in [5.41, 5.74) is 0. The molecular formula is C12H23NO3. The Morgan fingerprint density at radius 2 is 2.06 bits per heavy atom. The van der Waals surface area contributed by atoms with Gasteiger partial charge in [0.25, 0.3) is 0 Å². The van der Waals surface area contributed by atoms with Gasteiger partial charge in [0.1, 0.15) is 0 Å². The highest BCUT2D eigenvalue weighted by molar-refractivity contribution is 5.71. The van der Waals surface area contributed by atoms with E-state index in [1.807, 2.05) is 11.9 Å². The first kappa shape index (κ1) is 13.5. The lowest BCUT2D eigenvalue weighted by Gasteiger charge is -2.29. The lowest BCUT2D eigenvalue weighted by Crippen LogP contribution is -2.43. The Hall–Kier alpha value is -0.610. The molecule has 1 N–H and O–H groups in total. The number of carbonyl (C=O) groups is 1. The van der Waals surface area contributed by atoms with Gasteiger partial charge >= 0.3 is 5.97 Å². The van der Waals surface area contributed by atoms with E-state index in [1.165, 1.54) is 6.42 Å². The summed E-state index contributed by atoms with van der Waals surface area (Å²) in [6, 6.07) is 0.104. The third-order valence-electron chi connectivity index (χ3n) is 3.19. The van der Waals surface area contributed by atoms with Crippen LogP contribution in [0.4, 0.5) is 0 Å². The fourth-order valence-corrected chi connectivity index (χ4v) is 2.31. The first-order valence-electron chi connectivity index (χ1n) is 6.19. The number of aliphatic hydroxyl groups is 1. The molecule has 1 aliphatic carbocycles. The molecule has 1 aliphatic rings. The molecule has 2 atom stereocenters. The molecule has 0 aromatic carbocycles. The SMILES string of the molecule is CCOC(=O)CN(C)C1CCCCCC1O. The minimum atomic E-state index is -0.304. The lowest BCUT2D eigenvalue weighted by molar-refractivity contribution is -0.145. The van der Waals surface area contributed by atoms with Crippen LogP contribution in [0.3, 0.4) is 0 Å². The van der Waals surface area contributed by atoms with Gasteiger partial charge in [0, 0.05) is 6.04 Å². The summed E-state index contributed by atoms with van der Waals surface area (Å²) in [5.74, 6) is -0.207. The van der Waals surface area contributed by atoms with Crippen molar-refractivity contribution in [2.45, 2.75) is 51.2 Å². The summed E-state index contributed by atoms with van der Waals surface area (Å²) < 4.78 is 4.91. The van der Waals surface area contributed by atoms with E-state index in [2.05, 4.69) is 0 Å². The second kappa shape index (κ2) is 6.86. The largest absolute Gasteiger partial charge is 0.465 e. The first-order valence-corrected chi connectivity index (χ1v) is 6.19. The number of rotatable bonds is 4. The van der Waals surface area contributed by atoms with E-state index in [4.69, 9.17) is 4.74 Å². The van der Waals surface area contributed by atoms with Gasteiger partial charge in [-0.2, -0.15) is 0 Å². The van der Waals surface area contributed by atoms with Crippen molar-refractivity contribution in [2.24, 2.45) is 0 Å². The molecule has 16 heavy (non-hydrogen) atoms. The number of esters is 1. The molecule has 0 radical (unpaired) electrons. The van der Waals surface area contributed by atoms with E-state index in [1.54, 1.807) is 6.92 Å². The number of carbonyl (C=O) groups excluding carboxylic acids is 1. The molecule has 0 saturated heterocycles. The van der Waals surface area contributed by atoms with Gasteiger partial charge in [0.2, 0.25) is 0 Å². The normalized spacial score (nSPS) is 26.5. The van der Waals surface area contributed by atoms with E-state index in [9.17, 15) is 9.90 Å². The van der Waals surface area contributed by atoms with Crippen molar-refractivity contribution >= 4 is 5.97 Å². The molecule has 0 amide bonds. The minimum Gasteiger partial charge on any atom is -0.465 e. The molecule has 1 rings (SSSR count). The topological polar surface area (TPSA) is 49.8 Å². The van der Waals surface area contributed by atoms with E-state index >= 15 is 0 Å². The van der Waals surface area contributed by atoms with Gasteiger partial charge in [-0.3, -0.25) is 9.69 Å². The Bertz CT molecular complexity index is 220. The number of aliphatic hydroxyl groups excluding tert-OH is 1. The van der Waals surface area contributed by atoms with E-state index in [0.29, 0.717) is 6.61 Å². The maximum absolute atomic E-state index is 11.3. The summed E-state index contributed by atoms with van der Waals surface area (Å²) >= 11 is 0. The Labute approximate surface area is 97.6 Å². The highest BCUT2D eigenvalue weighted by atomic mass is 16.5. The predicted molar refractivity (Wildman–Crippen MR) is 62.1 cm³/mol. The van der Waals surface area contributed by atoms with Crippen molar-refractivity contribution in [1.29, 1.82) is 0 Å². The average Bonchev–Trinajstić information content (AvgIpc) is 2.43. The quantitative estimate of drug-likeness (QED) is 0.581. The van der Waals surface area contributed by atoms with Crippen molar-refractivity contribution in [2.75, 3.05) is 20.2 Å². The summed E-state index contributed by atoms with van der Waals surface area (Å²) in [7, 11) is 1.89. The smallest absolute Gasteiger partial charge is 0.320 e. The molecule has 0 aromatic heterocycles. The Balaban J connectivity index is 2.43. The number of hydrogen-bond acceptors (Lipinski definition) is 4. The summed E-state index contributed by atoms with van der Waals surface area (Å²) in [5, 5.41) is 9.97. The molecule has 1 fully saturated rings. The molecule has 0 aliphatic heterocycles. The minimum absolute atomic E-state index is 0.104. The van der Waals surface area contributed by atoms with Crippen LogP contribution >= 0.6 is 0 Å². The molecule has 1 saturated carbocycles. The fourth-order valence-electron chi connectivity index (χ4n) is 2.31. The van der Waals surface area contributed by atoms with Crippen LogP contribution in [0.5, 0.6) is 0 Å². The van der Waals surface area contributed by atoms with Crippen molar-refractivity contribution in [3.63, 3.8) is 0 Å². The first-order chi connectivity index (χ1) is 7.65. The Morgan fingerprint density at radius 1 is 1.38 bits per heavy atom. The van der Waals surface area contributed by atoms with Crippen LogP contribution in [0.2, 0.25) is 0 Å². The predicted octanol–water partition coefficient (Wildman–Crippen LogP) is 1.17. The van der Waals surface area contributed by atoms with E-state index in [0.717, 1.165) is 25.7 Å². The van der Waals surface area contributed by atoms with Crippen LogP contribution in [-0.2, 0) is 9.53 Å². The van der Waals surface area contributed by atoms with Gasteiger partial charge in [-0.1, -0.05) is 19.3 Å². The highest BCUT2D eigenvalue weighted by Gasteiger charge is 2.26. The molecule has 0 heterocycles. The maximum Gasteiger partial charge on any atom is 0.320 e. The Kier molecular flexibility index (Phi) is 5.77. The monoisotopic (exact) mass is 229 g/mol. The maximum atomic E-state index is 11.3. The zero-order valence-electron chi connectivity index (χ0n) is 10.3. The number of nitrogens with zero attached hydrogens (tertiary/aromatic N) is 1. The summed E-state index contributed by atoms with van der Waals surface area (Å²) in [6.45, 7) is 2.49. The second-order valence-electron chi connectivity index (χ2n) is 4.49. The van der Waals surface area contributed by atoms with Gasteiger partial charge < -0.3 is 9.84 Å². The third kappa shape index (κ3) is 4.10. The van der Waals surface area contributed by atoms with Gasteiger partial charge in [0.15, 0.2) is 0 Å². The van der Waals surface area contributed by atoms with Crippen molar-refractivity contribution in [3.8, 4) is 0 Å². The van der Waals surface area contributed by atoms with Crippen LogP contribution in [-0.4, -0.2) is 48.3 Å². The van der Waals surface area contributed by atoms with Gasteiger partial charge in [-0.25, -0.2) is 0 Å². The van der Waals surface area contributed by atoms with Crippen molar-refractivity contribution in [1.82, 2.24) is 4.90 Å². The van der Waals surface area contributed by atoms with Crippen molar-refractivity contribution < 1.29 is 14.6 Å². The summed E-state index contributed by atoms with van der Waals surface area (Å²) in [6.07, 6.45) is 4.91. The standard InChI is InChI=1S/C12H23NO3/c1-3-16-12(15)9-13(2)10-7-5-4-6-8-11(10)14/h10-11,14H,3-9H2,1-2H3. The summed E-state index contributed by atoms with van der Waals surface area (Å²) in [4.78, 5) is 13.3. The zero-order chi connectivity index (χ0) is 12.0. The molecule has 4 heteroatoms.